The zero-order valence-electron chi connectivity index (χ0n) is 20.3. The van der Waals surface area contributed by atoms with Crippen molar-refractivity contribution in [2.75, 3.05) is 33.9 Å². The quantitative estimate of drug-likeness (QED) is 0.214. The molecule has 0 spiro atoms. The largest absolute Gasteiger partial charge is 0.490 e. The van der Waals surface area contributed by atoms with Crippen molar-refractivity contribution in [3.63, 3.8) is 0 Å². The molecule has 1 aromatic rings. The van der Waals surface area contributed by atoms with E-state index in [0.29, 0.717) is 24.6 Å². The van der Waals surface area contributed by atoms with Crippen molar-refractivity contribution in [2.24, 2.45) is 5.92 Å². The standard InChI is InChI=1S/C27H43NO3/c1-6-8-9-10-22-11-13-24(14-12-22)26-16-15-25(19-23(26)7-2)30-17-18-31-27(29)21(3)20-28(4)5/h15-16,19,22,24H,3,6-14,17-18,20H2,1-2,4-5H3. The predicted molar refractivity (Wildman–Crippen MR) is 129 cm³/mol. The highest BCUT2D eigenvalue weighted by atomic mass is 16.6. The predicted octanol–water partition coefficient (Wildman–Crippen LogP) is 6.14. The summed E-state index contributed by atoms with van der Waals surface area (Å²) in [6.45, 7) is 9.37. The van der Waals surface area contributed by atoms with Crippen LogP contribution in [0.3, 0.4) is 0 Å². The van der Waals surface area contributed by atoms with E-state index in [2.05, 4.69) is 38.6 Å². The van der Waals surface area contributed by atoms with Gasteiger partial charge in [0.25, 0.3) is 0 Å². The van der Waals surface area contributed by atoms with Gasteiger partial charge in [-0.25, -0.2) is 4.79 Å². The molecule has 2 rings (SSSR count). The number of carbonyl (C=O) groups is 1. The van der Waals surface area contributed by atoms with Gasteiger partial charge in [-0.3, -0.25) is 0 Å². The summed E-state index contributed by atoms with van der Waals surface area (Å²) in [6, 6.07) is 6.52. The summed E-state index contributed by atoms with van der Waals surface area (Å²) in [5, 5.41) is 0. The molecule has 0 aliphatic heterocycles. The molecule has 0 heterocycles. The highest BCUT2D eigenvalue weighted by Gasteiger charge is 2.23. The van der Waals surface area contributed by atoms with E-state index in [9.17, 15) is 4.79 Å². The number of rotatable bonds is 13. The van der Waals surface area contributed by atoms with Crippen LogP contribution < -0.4 is 4.74 Å². The SMILES string of the molecule is C=C(CN(C)C)C(=O)OCCOc1ccc(C2CCC(CCCCC)CC2)c(CC)c1. The number of likely N-dealkylation sites (N-methyl/N-ethyl adjacent to an activating group) is 1. The van der Waals surface area contributed by atoms with Crippen LogP contribution in [0.1, 0.15) is 82.3 Å². The zero-order chi connectivity index (χ0) is 22.6. The molecular formula is C27H43NO3. The molecule has 174 valence electrons. The molecule has 1 aliphatic rings. The second-order valence-electron chi connectivity index (χ2n) is 9.25. The van der Waals surface area contributed by atoms with Crippen LogP contribution in [-0.4, -0.2) is 44.7 Å². The monoisotopic (exact) mass is 429 g/mol. The number of ether oxygens (including phenoxy) is 2. The Kier molecular flexibility index (Phi) is 11.1. The van der Waals surface area contributed by atoms with Gasteiger partial charge < -0.3 is 14.4 Å². The molecule has 0 atom stereocenters. The molecule has 0 N–H and O–H groups in total. The van der Waals surface area contributed by atoms with E-state index in [1.807, 2.05) is 19.0 Å². The summed E-state index contributed by atoms with van der Waals surface area (Å²) in [5.41, 5.74) is 3.36. The molecule has 31 heavy (non-hydrogen) atoms. The lowest BCUT2D eigenvalue weighted by Gasteiger charge is -2.30. The first-order valence-corrected chi connectivity index (χ1v) is 12.2. The normalized spacial score (nSPS) is 18.7. The number of aryl methyl sites for hydroxylation is 1. The van der Waals surface area contributed by atoms with Crippen molar-refractivity contribution in [1.82, 2.24) is 4.90 Å². The van der Waals surface area contributed by atoms with E-state index in [1.165, 1.54) is 62.5 Å². The molecule has 1 saturated carbocycles. The lowest BCUT2D eigenvalue weighted by Crippen LogP contribution is -2.22. The smallest absolute Gasteiger partial charge is 0.334 e. The molecule has 1 fully saturated rings. The fourth-order valence-electron chi connectivity index (χ4n) is 4.66. The highest BCUT2D eigenvalue weighted by Crippen LogP contribution is 2.39. The third-order valence-corrected chi connectivity index (χ3v) is 6.38. The minimum absolute atomic E-state index is 0.233. The number of carbonyl (C=O) groups excluding carboxylic acids is 1. The second kappa shape index (κ2) is 13.6. The fourth-order valence-corrected chi connectivity index (χ4v) is 4.66. The number of hydrogen-bond acceptors (Lipinski definition) is 4. The van der Waals surface area contributed by atoms with Gasteiger partial charge >= 0.3 is 5.97 Å². The number of nitrogens with zero attached hydrogens (tertiary/aromatic N) is 1. The van der Waals surface area contributed by atoms with Gasteiger partial charge in [0.1, 0.15) is 19.0 Å². The van der Waals surface area contributed by atoms with Crippen LogP contribution in [0.15, 0.2) is 30.4 Å². The minimum Gasteiger partial charge on any atom is -0.490 e. The lowest BCUT2D eigenvalue weighted by atomic mass is 9.75. The number of unbranched alkanes of at least 4 members (excludes halogenated alkanes) is 2. The van der Waals surface area contributed by atoms with Gasteiger partial charge in [-0.1, -0.05) is 52.2 Å². The molecule has 0 aromatic heterocycles. The van der Waals surface area contributed by atoms with E-state index < -0.39 is 0 Å². The minimum atomic E-state index is -0.354. The van der Waals surface area contributed by atoms with E-state index in [0.717, 1.165) is 18.1 Å². The number of hydrogen-bond donors (Lipinski definition) is 0. The van der Waals surface area contributed by atoms with Crippen LogP contribution in [0.5, 0.6) is 5.75 Å². The molecule has 0 bridgehead atoms. The van der Waals surface area contributed by atoms with Crippen molar-refractivity contribution in [2.45, 2.75) is 77.6 Å². The van der Waals surface area contributed by atoms with Crippen molar-refractivity contribution in [3.05, 3.63) is 41.5 Å². The van der Waals surface area contributed by atoms with Gasteiger partial charge in [-0.15, -0.1) is 0 Å². The molecule has 0 amide bonds. The molecule has 4 nitrogen and oxygen atoms in total. The lowest BCUT2D eigenvalue weighted by molar-refractivity contribution is -0.139. The molecule has 0 unspecified atom stereocenters. The van der Waals surface area contributed by atoms with E-state index in [-0.39, 0.29) is 12.6 Å². The first kappa shape index (κ1) is 25.5. The van der Waals surface area contributed by atoms with Crippen LogP contribution in [0, 0.1) is 5.92 Å². The third kappa shape index (κ3) is 8.68. The van der Waals surface area contributed by atoms with Gasteiger partial charge in [-0.2, -0.15) is 0 Å². The summed E-state index contributed by atoms with van der Waals surface area (Å²) in [6.07, 6.45) is 11.9. The average molecular weight is 430 g/mol. The summed E-state index contributed by atoms with van der Waals surface area (Å²) in [5.74, 6) is 2.13. The second-order valence-corrected chi connectivity index (χ2v) is 9.25. The molecule has 4 heteroatoms. The van der Waals surface area contributed by atoms with Crippen LogP contribution >= 0.6 is 0 Å². The van der Waals surface area contributed by atoms with Gasteiger partial charge in [0.2, 0.25) is 0 Å². The van der Waals surface area contributed by atoms with Gasteiger partial charge in [-0.05, 0) is 81.3 Å². The van der Waals surface area contributed by atoms with Crippen LogP contribution in [0.4, 0.5) is 0 Å². The number of benzene rings is 1. The molecule has 0 saturated heterocycles. The first-order chi connectivity index (χ1) is 14.9. The zero-order valence-corrected chi connectivity index (χ0v) is 20.3. The Bertz CT molecular complexity index is 690. The van der Waals surface area contributed by atoms with E-state index in [4.69, 9.17) is 9.47 Å². The molecular weight excluding hydrogens is 386 g/mol. The Labute approximate surface area is 190 Å². The summed E-state index contributed by atoms with van der Waals surface area (Å²) in [7, 11) is 3.80. The topological polar surface area (TPSA) is 38.8 Å². The molecule has 1 aromatic carbocycles. The van der Waals surface area contributed by atoms with Crippen LogP contribution in [-0.2, 0) is 16.0 Å². The maximum atomic E-state index is 11.9. The third-order valence-electron chi connectivity index (χ3n) is 6.38. The Balaban J connectivity index is 1.80. The average Bonchev–Trinajstić information content (AvgIpc) is 2.76. The fraction of sp³-hybridized carbons (Fsp3) is 0.667. The summed E-state index contributed by atoms with van der Waals surface area (Å²) in [4.78, 5) is 13.8. The Hall–Kier alpha value is -1.81. The van der Waals surface area contributed by atoms with Gasteiger partial charge in [0.15, 0.2) is 0 Å². The van der Waals surface area contributed by atoms with Crippen molar-refractivity contribution < 1.29 is 14.3 Å². The van der Waals surface area contributed by atoms with E-state index in [1.54, 1.807) is 0 Å². The van der Waals surface area contributed by atoms with Crippen molar-refractivity contribution in [1.29, 1.82) is 0 Å². The van der Waals surface area contributed by atoms with Crippen LogP contribution in [0.2, 0.25) is 0 Å². The summed E-state index contributed by atoms with van der Waals surface area (Å²) >= 11 is 0. The number of esters is 1. The van der Waals surface area contributed by atoms with Gasteiger partial charge in [0.05, 0.1) is 0 Å². The summed E-state index contributed by atoms with van der Waals surface area (Å²) < 4.78 is 11.1. The van der Waals surface area contributed by atoms with Gasteiger partial charge in [0, 0.05) is 12.1 Å². The maximum absolute atomic E-state index is 11.9. The Morgan fingerprint density at radius 2 is 1.84 bits per heavy atom. The van der Waals surface area contributed by atoms with Crippen molar-refractivity contribution >= 4 is 5.97 Å². The molecule has 0 radical (unpaired) electrons. The van der Waals surface area contributed by atoms with Crippen LogP contribution in [0.25, 0.3) is 0 Å². The highest BCUT2D eigenvalue weighted by molar-refractivity contribution is 5.88. The first-order valence-electron chi connectivity index (χ1n) is 12.2. The Morgan fingerprint density at radius 3 is 2.48 bits per heavy atom. The van der Waals surface area contributed by atoms with E-state index >= 15 is 0 Å². The maximum Gasteiger partial charge on any atom is 0.334 e. The van der Waals surface area contributed by atoms with Crippen molar-refractivity contribution in [3.8, 4) is 5.75 Å². The Morgan fingerprint density at radius 1 is 1.10 bits per heavy atom. The molecule has 1 aliphatic carbocycles.